The number of aliphatic carboxylic acids is 3. The van der Waals surface area contributed by atoms with Gasteiger partial charge in [-0.2, -0.15) is 0 Å². The van der Waals surface area contributed by atoms with Gasteiger partial charge in [0.15, 0.2) is 0 Å². The van der Waals surface area contributed by atoms with E-state index in [0.717, 1.165) is 27.2 Å². The Bertz CT molecular complexity index is 1500. The van der Waals surface area contributed by atoms with Gasteiger partial charge < -0.3 is 25.2 Å². The van der Waals surface area contributed by atoms with Gasteiger partial charge in [-0.05, 0) is 36.9 Å². The number of rotatable bonds is 12. The zero-order valence-electron chi connectivity index (χ0n) is 21.9. The van der Waals surface area contributed by atoms with E-state index >= 15 is 0 Å². The molecule has 0 amide bonds. The first-order valence-corrected chi connectivity index (χ1v) is 12.6. The maximum Gasteiger partial charge on any atom is 0.326 e. The van der Waals surface area contributed by atoms with Gasteiger partial charge in [0.05, 0.1) is 5.92 Å². The van der Waals surface area contributed by atoms with E-state index in [2.05, 4.69) is 10.4 Å². The summed E-state index contributed by atoms with van der Waals surface area (Å²) < 4.78 is 0. The van der Waals surface area contributed by atoms with Crippen LogP contribution in [-0.4, -0.2) is 68.5 Å². The number of anilines is 1. The minimum Gasteiger partial charge on any atom is -0.481 e. The minimum atomic E-state index is -1.15. The Balaban J connectivity index is 1.76. The number of H-pyrrole nitrogens is 1. The molecule has 0 aliphatic carbocycles. The van der Waals surface area contributed by atoms with Crippen LogP contribution in [0.2, 0.25) is 0 Å². The van der Waals surface area contributed by atoms with Gasteiger partial charge in [0.25, 0.3) is 0 Å². The summed E-state index contributed by atoms with van der Waals surface area (Å²) in [4.78, 5) is 41.6. The molecular formula is C29H32N4O6. The van der Waals surface area contributed by atoms with Crippen molar-refractivity contribution in [2.24, 2.45) is 5.92 Å². The van der Waals surface area contributed by atoms with Gasteiger partial charge in [0.1, 0.15) is 18.2 Å². The van der Waals surface area contributed by atoms with Crippen LogP contribution in [0.5, 0.6) is 0 Å². The summed E-state index contributed by atoms with van der Waals surface area (Å²) in [5, 5.41) is 34.1. The number of nitrogens with one attached hydrogen (secondary N) is 2. The maximum absolute atomic E-state index is 12.4. The third-order valence-corrected chi connectivity index (χ3v) is 7.09. The molecule has 0 radical (unpaired) electrons. The van der Waals surface area contributed by atoms with Gasteiger partial charge in [-0.3, -0.25) is 9.59 Å². The Kier molecular flexibility index (Phi) is 8.18. The van der Waals surface area contributed by atoms with Crippen molar-refractivity contribution in [3.63, 3.8) is 0 Å². The molecule has 39 heavy (non-hydrogen) atoms. The monoisotopic (exact) mass is 532 g/mol. The molecule has 3 aromatic carbocycles. The van der Waals surface area contributed by atoms with Crippen LogP contribution in [0.3, 0.4) is 0 Å². The van der Waals surface area contributed by atoms with E-state index in [-0.39, 0.29) is 6.42 Å². The highest BCUT2D eigenvalue weighted by atomic mass is 16.4. The third kappa shape index (κ3) is 5.71. The molecule has 2 unspecified atom stereocenters. The van der Waals surface area contributed by atoms with Crippen LogP contribution in [0.15, 0.2) is 72.9 Å². The average Bonchev–Trinajstić information content (AvgIpc) is 3.32. The normalized spacial score (nSPS) is 14.7. The largest absolute Gasteiger partial charge is 0.481 e. The first-order chi connectivity index (χ1) is 18.6. The second-order valence-corrected chi connectivity index (χ2v) is 9.65. The van der Waals surface area contributed by atoms with Crippen molar-refractivity contribution in [1.82, 2.24) is 15.4 Å². The van der Waals surface area contributed by atoms with Gasteiger partial charge in [0, 0.05) is 41.6 Å². The Morgan fingerprint density at radius 1 is 0.846 bits per heavy atom. The molecule has 0 fully saturated rings. The lowest BCUT2D eigenvalue weighted by Crippen LogP contribution is -2.63. The number of carboxylic acids is 3. The fourth-order valence-electron chi connectivity index (χ4n) is 5.05. The zero-order valence-corrected chi connectivity index (χ0v) is 21.9. The molecule has 0 saturated carbocycles. The van der Waals surface area contributed by atoms with Crippen LogP contribution in [-0.2, 0) is 20.8 Å². The number of benzene rings is 3. The van der Waals surface area contributed by atoms with Crippen LogP contribution in [0.25, 0.3) is 21.7 Å². The fraction of sp³-hybridized carbons (Fsp3) is 0.276. The highest BCUT2D eigenvalue weighted by molar-refractivity contribution is 5.96. The Morgan fingerprint density at radius 3 is 2.15 bits per heavy atom. The molecule has 5 N–H and O–H groups in total. The molecule has 10 heteroatoms. The summed E-state index contributed by atoms with van der Waals surface area (Å²) in [7, 11) is 1.54. The molecule has 0 aliphatic heterocycles. The van der Waals surface area contributed by atoms with Crippen molar-refractivity contribution >= 4 is 45.3 Å². The van der Waals surface area contributed by atoms with Crippen LogP contribution >= 0.6 is 0 Å². The first kappa shape index (κ1) is 27.6. The molecule has 0 spiro atoms. The van der Waals surface area contributed by atoms with Crippen LogP contribution < -0.4 is 10.3 Å². The summed E-state index contributed by atoms with van der Waals surface area (Å²) in [5.41, 5.74) is 5.15. The van der Waals surface area contributed by atoms with Gasteiger partial charge >= 0.3 is 17.9 Å². The zero-order chi connectivity index (χ0) is 28.3. The van der Waals surface area contributed by atoms with E-state index in [1.54, 1.807) is 25.4 Å². The van der Waals surface area contributed by atoms with Gasteiger partial charge in [-0.15, -0.1) is 0 Å². The molecule has 0 saturated heterocycles. The Morgan fingerprint density at radius 2 is 1.49 bits per heavy atom. The van der Waals surface area contributed by atoms with Crippen molar-refractivity contribution in [1.29, 1.82) is 0 Å². The number of fused-ring (bicyclic) bond motifs is 2. The maximum atomic E-state index is 12.4. The highest BCUT2D eigenvalue weighted by Crippen LogP contribution is 2.32. The molecule has 0 bridgehead atoms. The molecule has 1 aromatic heterocycles. The molecular weight excluding hydrogens is 500 g/mol. The lowest BCUT2D eigenvalue weighted by atomic mass is 10.0. The van der Waals surface area contributed by atoms with E-state index in [4.69, 9.17) is 0 Å². The van der Waals surface area contributed by atoms with Crippen molar-refractivity contribution in [3.8, 4) is 0 Å². The topological polar surface area (TPSA) is 146 Å². The molecule has 0 aliphatic rings. The fourth-order valence-corrected chi connectivity index (χ4v) is 5.05. The lowest BCUT2D eigenvalue weighted by Gasteiger charge is -2.44. The predicted molar refractivity (Wildman–Crippen MR) is 148 cm³/mol. The van der Waals surface area contributed by atoms with Crippen molar-refractivity contribution in [2.45, 2.75) is 38.5 Å². The summed E-state index contributed by atoms with van der Waals surface area (Å²) >= 11 is 0. The molecule has 4 rings (SSSR count). The number of para-hydroxylation sites is 1. The van der Waals surface area contributed by atoms with Gasteiger partial charge in [0.2, 0.25) is 0 Å². The summed E-state index contributed by atoms with van der Waals surface area (Å²) in [6, 6.07) is 18.1. The Labute approximate surface area is 225 Å². The van der Waals surface area contributed by atoms with Crippen molar-refractivity contribution in [2.75, 3.05) is 11.9 Å². The molecule has 10 nitrogen and oxygen atoms in total. The number of hydrazine groups is 1. The van der Waals surface area contributed by atoms with Crippen LogP contribution in [0, 0.1) is 5.92 Å². The van der Waals surface area contributed by atoms with E-state index in [9.17, 15) is 29.7 Å². The number of aromatic amines is 1. The molecule has 4 atom stereocenters. The SMILES string of the molecule is CC(C(=O)O)C(N(C)N[C@@H](Cc1c[nH]c2ccccc12)C(=O)O)N(c1cccc2ccccc12)[C@@H](C)C(=O)O. The average molecular weight is 533 g/mol. The Hall–Kier alpha value is -4.41. The highest BCUT2D eigenvalue weighted by Gasteiger charge is 2.39. The minimum absolute atomic E-state index is 0.112. The summed E-state index contributed by atoms with van der Waals surface area (Å²) in [5.74, 6) is -4.53. The summed E-state index contributed by atoms with van der Waals surface area (Å²) in [6.45, 7) is 2.97. The predicted octanol–water partition coefficient (Wildman–Crippen LogP) is 3.78. The van der Waals surface area contributed by atoms with E-state index < -0.39 is 42.1 Å². The van der Waals surface area contributed by atoms with Crippen LogP contribution in [0.4, 0.5) is 5.69 Å². The number of hydrogen-bond donors (Lipinski definition) is 5. The quantitative estimate of drug-likeness (QED) is 0.136. The molecule has 1 heterocycles. The number of nitrogens with zero attached hydrogens (tertiary/aromatic N) is 2. The first-order valence-electron chi connectivity index (χ1n) is 12.6. The third-order valence-electron chi connectivity index (χ3n) is 7.09. The molecule has 204 valence electrons. The van der Waals surface area contributed by atoms with E-state index in [1.165, 1.54) is 23.8 Å². The number of carbonyl (C=O) groups is 3. The molecule has 4 aromatic rings. The van der Waals surface area contributed by atoms with E-state index in [1.807, 2.05) is 54.6 Å². The number of hydrogen-bond acceptors (Lipinski definition) is 6. The number of aromatic nitrogens is 1. The second kappa shape index (κ2) is 11.5. The van der Waals surface area contributed by atoms with Gasteiger partial charge in [-0.1, -0.05) is 54.6 Å². The van der Waals surface area contributed by atoms with Gasteiger partial charge in [-0.25, -0.2) is 15.2 Å². The lowest BCUT2D eigenvalue weighted by molar-refractivity contribution is -0.147. The van der Waals surface area contributed by atoms with Crippen molar-refractivity contribution < 1.29 is 29.7 Å². The standard InChI is InChI=1S/C29H32N4O6/c1-17(27(34)35)26(33(18(2)28(36)37)25-14-8-10-19-9-4-5-12-22(19)25)32(3)31-24(29(38)39)15-20-16-30-23-13-7-6-11-21(20)23/h4-14,16-18,24,26,30-31H,15H2,1-3H3,(H,34,35)(H,36,37)(H,38,39)/t17?,18-,24-,26?/m0/s1. The van der Waals surface area contributed by atoms with Crippen LogP contribution in [0.1, 0.15) is 19.4 Å². The summed E-state index contributed by atoms with van der Waals surface area (Å²) in [6.07, 6.45) is 0.805. The van der Waals surface area contributed by atoms with Crippen molar-refractivity contribution in [3.05, 3.63) is 78.5 Å². The second-order valence-electron chi connectivity index (χ2n) is 9.65. The number of carboxylic acid groups (broad SMARTS) is 3. The smallest absolute Gasteiger partial charge is 0.326 e. The van der Waals surface area contributed by atoms with E-state index in [0.29, 0.717) is 5.69 Å².